The summed E-state index contributed by atoms with van der Waals surface area (Å²) in [4.78, 5) is 0. The van der Waals surface area contributed by atoms with Gasteiger partial charge in [0.05, 0.1) is 0 Å². The van der Waals surface area contributed by atoms with Crippen molar-refractivity contribution in [1.29, 1.82) is 0 Å². The third-order valence-electron chi connectivity index (χ3n) is 1.77. The SMILES string of the molecule is Oc1ccc(Cl)cc1[C@H]1CN1. The van der Waals surface area contributed by atoms with Gasteiger partial charge in [-0.1, -0.05) is 11.6 Å². The molecule has 1 fully saturated rings. The maximum Gasteiger partial charge on any atom is 0.120 e. The first-order chi connectivity index (χ1) is 5.27. The van der Waals surface area contributed by atoms with E-state index in [1.54, 1.807) is 18.2 Å². The second-order valence-electron chi connectivity index (χ2n) is 2.66. The number of benzene rings is 1. The Bertz CT molecular complexity index is 283. The van der Waals surface area contributed by atoms with Crippen LogP contribution < -0.4 is 5.32 Å². The number of rotatable bonds is 1. The second-order valence-corrected chi connectivity index (χ2v) is 3.10. The van der Waals surface area contributed by atoms with Crippen LogP contribution in [0.4, 0.5) is 0 Å². The minimum absolute atomic E-state index is 0.314. The molecule has 1 saturated heterocycles. The van der Waals surface area contributed by atoms with Crippen LogP contribution in [0.15, 0.2) is 18.2 Å². The molecule has 11 heavy (non-hydrogen) atoms. The van der Waals surface area contributed by atoms with E-state index in [9.17, 15) is 5.11 Å². The molecule has 0 radical (unpaired) electrons. The third kappa shape index (κ3) is 1.32. The average Bonchev–Trinajstić information content (AvgIpc) is 2.76. The summed E-state index contributed by atoms with van der Waals surface area (Å²) in [5, 5.41) is 13.1. The fraction of sp³-hybridized carbons (Fsp3) is 0.250. The Morgan fingerprint density at radius 2 is 2.27 bits per heavy atom. The highest BCUT2D eigenvalue weighted by atomic mass is 35.5. The lowest BCUT2D eigenvalue weighted by molar-refractivity contribution is 0.468. The zero-order valence-corrected chi connectivity index (χ0v) is 6.60. The molecule has 1 aromatic carbocycles. The van der Waals surface area contributed by atoms with Crippen molar-refractivity contribution in [1.82, 2.24) is 5.32 Å². The fourth-order valence-electron chi connectivity index (χ4n) is 1.08. The number of hydrogen-bond acceptors (Lipinski definition) is 2. The van der Waals surface area contributed by atoms with Crippen LogP contribution in [0, 0.1) is 0 Å². The predicted molar refractivity (Wildman–Crippen MR) is 43.9 cm³/mol. The van der Waals surface area contributed by atoms with E-state index in [-0.39, 0.29) is 0 Å². The summed E-state index contributed by atoms with van der Waals surface area (Å²) in [7, 11) is 0. The lowest BCUT2D eigenvalue weighted by Gasteiger charge is -2.00. The summed E-state index contributed by atoms with van der Waals surface area (Å²) in [5.41, 5.74) is 0.900. The number of halogens is 1. The first kappa shape index (κ1) is 6.95. The van der Waals surface area contributed by atoms with Gasteiger partial charge in [-0.3, -0.25) is 0 Å². The van der Waals surface area contributed by atoms with Crippen LogP contribution in [0.3, 0.4) is 0 Å². The number of aromatic hydroxyl groups is 1. The monoisotopic (exact) mass is 169 g/mol. The van der Waals surface area contributed by atoms with Gasteiger partial charge in [0.1, 0.15) is 5.75 Å². The first-order valence-corrected chi connectivity index (χ1v) is 3.87. The lowest BCUT2D eigenvalue weighted by Crippen LogP contribution is -1.84. The molecule has 0 unspecified atom stereocenters. The molecule has 0 aromatic heterocycles. The van der Waals surface area contributed by atoms with Gasteiger partial charge >= 0.3 is 0 Å². The molecule has 0 spiro atoms. The van der Waals surface area contributed by atoms with Gasteiger partial charge in [-0.2, -0.15) is 0 Å². The van der Waals surface area contributed by atoms with Crippen molar-refractivity contribution >= 4 is 11.6 Å². The van der Waals surface area contributed by atoms with Gasteiger partial charge in [-0.25, -0.2) is 0 Å². The standard InChI is InChI=1S/C8H8ClNO/c9-5-1-2-8(11)6(3-5)7-4-10-7/h1-3,7,10-11H,4H2/t7-/m1/s1. The van der Waals surface area contributed by atoms with E-state index in [0.717, 1.165) is 12.1 Å². The molecule has 58 valence electrons. The van der Waals surface area contributed by atoms with E-state index >= 15 is 0 Å². The van der Waals surface area contributed by atoms with E-state index in [1.807, 2.05) is 0 Å². The smallest absolute Gasteiger partial charge is 0.120 e. The largest absolute Gasteiger partial charge is 0.508 e. The first-order valence-electron chi connectivity index (χ1n) is 3.49. The molecule has 0 bridgehead atoms. The molecule has 2 N–H and O–H groups in total. The summed E-state index contributed by atoms with van der Waals surface area (Å²) in [5.74, 6) is 0.324. The molecule has 1 aliphatic rings. The lowest BCUT2D eigenvalue weighted by atomic mass is 10.1. The van der Waals surface area contributed by atoms with Crippen molar-refractivity contribution in [2.45, 2.75) is 6.04 Å². The van der Waals surface area contributed by atoms with Crippen LogP contribution in [0.25, 0.3) is 0 Å². The van der Waals surface area contributed by atoms with Crippen LogP contribution in [0.2, 0.25) is 5.02 Å². The van der Waals surface area contributed by atoms with Gasteiger partial charge in [0, 0.05) is 23.2 Å². The molecule has 0 aliphatic carbocycles. The van der Waals surface area contributed by atoms with Crippen molar-refractivity contribution in [2.24, 2.45) is 0 Å². The topological polar surface area (TPSA) is 42.2 Å². The summed E-state index contributed by atoms with van der Waals surface area (Å²) in [6.45, 7) is 0.938. The Hall–Kier alpha value is -0.730. The summed E-state index contributed by atoms with van der Waals surface area (Å²) >= 11 is 5.75. The molecule has 1 heterocycles. The van der Waals surface area contributed by atoms with E-state index in [4.69, 9.17) is 11.6 Å². The molecule has 0 amide bonds. The maximum absolute atomic E-state index is 9.35. The van der Waals surface area contributed by atoms with Gasteiger partial charge in [-0.15, -0.1) is 0 Å². The molecular weight excluding hydrogens is 162 g/mol. The molecule has 1 atom stereocenters. The molecule has 3 heteroatoms. The van der Waals surface area contributed by atoms with E-state index in [1.165, 1.54) is 0 Å². The Morgan fingerprint density at radius 3 is 2.91 bits per heavy atom. The average molecular weight is 170 g/mol. The highest BCUT2D eigenvalue weighted by Crippen LogP contribution is 2.31. The second kappa shape index (κ2) is 2.40. The van der Waals surface area contributed by atoms with Crippen LogP contribution in [-0.4, -0.2) is 11.7 Å². The fourth-order valence-corrected chi connectivity index (χ4v) is 1.26. The highest BCUT2D eigenvalue weighted by molar-refractivity contribution is 6.30. The number of nitrogens with one attached hydrogen (secondary N) is 1. The zero-order valence-electron chi connectivity index (χ0n) is 5.84. The van der Waals surface area contributed by atoms with Gasteiger partial charge in [0.25, 0.3) is 0 Å². The molecule has 0 saturated carbocycles. The molecule has 1 aliphatic heterocycles. The number of hydrogen-bond donors (Lipinski definition) is 2. The minimum Gasteiger partial charge on any atom is -0.508 e. The maximum atomic E-state index is 9.35. The summed E-state index contributed by atoms with van der Waals surface area (Å²) < 4.78 is 0. The molecular formula is C8H8ClNO. The van der Waals surface area contributed by atoms with Crippen molar-refractivity contribution in [3.8, 4) is 5.75 Å². The highest BCUT2D eigenvalue weighted by Gasteiger charge is 2.25. The van der Waals surface area contributed by atoms with Gasteiger partial charge < -0.3 is 10.4 Å². The minimum atomic E-state index is 0.314. The number of phenolic OH excluding ortho intramolecular Hbond substituents is 1. The van der Waals surface area contributed by atoms with Crippen molar-refractivity contribution in [2.75, 3.05) is 6.54 Å². The third-order valence-corrected chi connectivity index (χ3v) is 2.01. The molecule has 2 nitrogen and oxygen atoms in total. The van der Waals surface area contributed by atoms with Gasteiger partial charge in [-0.05, 0) is 18.2 Å². The summed E-state index contributed by atoms with van der Waals surface area (Å²) in [6, 6.07) is 5.41. The summed E-state index contributed by atoms with van der Waals surface area (Å²) in [6.07, 6.45) is 0. The van der Waals surface area contributed by atoms with Crippen molar-refractivity contribution < 1.29 is 5.11 Å². The predicted octanol–water partition coefficient (Wildman–Crippen LogP) is 1.69. The van der Waals surface area contributed by atoms with Gasteiger partial charge in [0.2, 0.25) is 0 Å². The normalized spacial score (nSPS) is 21.7. The Morgan fingerprint density at radius 1 is 1.55 bits per heavy atom. The quantitative estimate of drug-likeness (QED) is 0.629. The van der Waals surface area contributed by atoms with E-state index in [0.29, 0.717) is 16.8 Å². The van der Waals surface area contributed by atoms with E-state index < -0.39 is 0 Å². The van der Waals surface area contributed by atoms with Crippen LogP contribution >= 0.6 is 11.6 Å². The molecule has 1 aromatic rings. The molecule has 2 rings (SSSR count). The Labute approximate surface area is 69.8 Å². The van der Waals surface area contributed by atoms with E-state index in [2.05, 4.69) is 5.32 Å². The van der Waals surface area contributed by atoms with Gasteiger partial charge in [0.15, 0.2) is 0 Å². The van der Waals surface area contributed by atoms with Crippen LogP contribution in [0.5, 0.6) is 5.75 Å². The van der Waals surface area contributed by atoms with Crippen molar-refractivity contribution in [3.63, 3.8) is 0 Å². The zero-order chi connectivity index (χ0) is 7.84. The van der Waals surface area contributed by atoms with Crippen molar-refractivity contribution in [3.05, 3.63) is 28.8 Å². The van der Waals surface area contributed by atoms with Crippen LogP contribution in [-0.2, 0) is 0 Å². The number of phenols is 1. The van der Waals surface area contributed by atoms with Crippen LogP contribution in [0.1, 0.15) is 11.6 Å². The Kier molecular flexibility index (Phi) is 1.51. The Balaban J connectivity index is 2.42.